The van der Waals surface area contributed by atoms with Gasteiger partial charge in [-0.1, -0.05) is 30.7 Å². The first kappa shape index (κ1) is 20.4. The number of benzene rings is 1. The monoisotopic (exact) mass is 443 g/mol. The maximum Gasteiger partial charge on any atom is 0.236 e. The van der Waals surface area contributed by atoms with E-state index in [1.54, 1.807) is 6.07 Å². The highest BCUT2D eigenvalue weighted by Gasteiger charge is 2.60. The van der Waals surface area contributed by atoms with Crippen LogP contribution in [0.15, 0.2) is 30.0 Å². The van der Waals surface area contributed by atoms with Gasteiger partial charge in [-0.3, -0.25) is 9.59 Å². The van der Waals surface area contributed by atoms with Gasteiger partial charge in [-0.05, 0) is 37.0 Å². The summed E-state index contributed by atoms with van der Waals surface area (Å²) in [5, 5.41) is 3.64. The van der Waals surface area contributed by atoms with Crippen LogP contribution in [0.1, 0.15) is 36.5 Å². The van der Waals surface area contributed by atoms with E-state index in [-0.39, 0.29) is 33.8 Å². The van der Waals surface area contributed by atoms with E-state index in [0.717, 1.165) is 12.2 Å². The Labute approximate surface area is 186 Å². The van der Waals surface area contributed by atoms with Gasteiger partial charge in [0.05, 0.1) is 14.2 Å². The second-order valence-corrected chi connectivity index (χ2v) is 9.40. The molecule has 1 heterocycles. The third-order valence-electron chi connectivity index (χ3n) is 7.32. The number of allylic oxidation sites excluding steroid dienone is 3. The molecule has 164 valence electrons. The lowest BCUT2D eigenvalue weighted by molar-refractivity contribution is -0.129. The van der Waals surface area contributed by atoms with Crippen LogP contribution >= 0.6 is 11.6 Å². The summed E-state index contributed by atoms with van der Waals surface area (Å²) in [4.78, 5) is 26.8. The van der Waals surface area contributed by atoms with Gasteiger partial charge in [0.1, 0.15) is 22.1 Å². The number of hydrogen-bond acceptors (Lipinski definition) is 6. The van der Waals surface area contributed by atoms with Gasteiger partial charge in [0.25, 0.3) is 0 Å². The Balaban J connectivity index is 1.41. The molecule has 1 aromatic rings. The molecule has 0 amide bonds. The third-order valence-corrected chi connectivity index (χ3v) is 7.68. The zero-order valence-corrected chi connectivity index (χ0v) is 18.6. The Bertz CT molecular complexity index is 1030. The molecule has 5 rings (SSSR count). The largest absolute Gasteiger partial charge is 0.496 e. The number of ketones is 2. The van der Waals surface area contributed by atoms with Crippen LogP contribution in [0.2, 0.25) is 5.02 Å². The van der Waals surface area contributed by atoms with Crippen molar-refractivity contribution in [2.75, 3.05) is 20.8 Å². The van der Waals surface area contributed by atoms with Crippen LogP contribution in [0.5, 0.6) is 17.2 Å². The Kier molecular flexibility index (Phi) is 4.81. The van der Waals surface area contributed by atoms with E-state index >= 15 is 0 Å². The second-order valence-electron chi connectivity index (χ2n) is 9.03. The van der Waals surface area contributed by atoms with E-state index in [1.165, 1.54) is 33.1 Å². The highest BCUT2D eigenvalue weighted by molar-refractivity contribution is 6.36. The Morgan fingerprint density at radius 3 is 2.58 bits per heavy atom. The fraction of sp³-hybridized carbons (Fsp3) is 0.500. The standard InChI is InChI=1S/C24H26ClNO5/c1-12-6-16(26-11-15-8-13-4-5-14(15)7-13)9-19(27)24(12)23(28)20-17(29-2)10-18(30-3)21(25)22(20)31-24/h4-5,9-10,12-15,26H,6-8,11H2,1-3H3/t12-,13+,14+,15+,24+/m1/s1. The molecule has 3 aliphatic carbocycles. The smallest absolute Gasteiger partial charge is 0.236 e. The van der Waals surface area contributed by atoms with Crippen molar-refractivity contribution >= 4 is 23.2 Å². The molecule has 31 heavy (non-hydrogen) atoms. The number of carbonyl (C=O) groups is 2. The molecule has 5 atom stereocenters. The van der Waals surface area contributed by atoms with Gasteiger partial charge in [0, 0.05) is 30.3 Å². The molecular formula is C24H26ClNO5. The summed E-state index contributed by atoms with van der Waals surface area (Å²) in [6.07, 6.45) is 9.17. The summed E-state index contributed by atoms with van der Waals surface area (Å²) in [7, 11) is 2.93. The SMILES string of the molecule is COc1cc(OC)c2c(c1Cl)O[C@@]1(C(=O)C=C(NC[C@@H]3C[C@H]4C=C[C@H]3C4)C[C@H]1C)C2=O. The normalized spacial score (nSPS) is 32.8. The average Bonchev–Trinajstić information content (AvgIpc) is 3.46. The molecule has 1 N–H and O–H groups in total. The lowest BCUT2D eigenvalue weighted by atomic mass is 9.74. The fourth-order valence-corrected chi connectivity index (χ4v) is 5.91. The van der Waals surface area contributed by atoms with Gasteiger partial charge in [-0.2, -0.15) is 0 Å². The first-order valence-electron chi connectivity index (χ1n) is 10.7. The van der Waals surface area contributed by atoms with Crippen molar-refractivity contribution in [2.45, 2.75) is 31.8 Å². The minimum atomic E-state index is -1.62. The number of rotatable bonds is 5. The highest BCUT2D eigenvalue weighted by Crippen LogP contribution is 2.53. The summed E-state index contributed by atoms with van der Waals surface area (Å²) in [6.45, 7) is 2.71. The summed E-state index contributed by atoms with van der Waals surface area (Å²) in [6, 6.07) is 1.55. The van der Waals surface area contributed by atoms with E-state index in [4.69, 9.17) is 25.8 Å². The van der Waals surface area contributed by atoms with Crippen molar-refractivity contribution in [2.24, 2.45) is 23.7 Å². The summed E-state index contributed by atoms with van der Waals surface area (Å²) >= 11 is 6.43. The Morgan fingerprint density at radius 1 is 1.19 bits per heavy atom. The number of carbonyl (C=O) groups excluding carboxylic acids is 2. The number of Topliss-reactive ketones (excluding diaryl/α,β-unsaturated/α-hetero) is 1. The van der Waals surface area contributed by atoms with Crippen LogP contribution in [0, 0.1) is 23.7 Å². The zero-order chi connectivity index (χ0) is 21.9. The van der Waals surface area contributed by atoms with Crippen molar-refractivity contribution in [1.82, 2.24) is 5.32 Å². The number of methoxy groups -OCH3 is 2. The number of hydrogen-bond donors (Lipinski definition) is 1. The van der Waals surface area contributed by atoms with Crippen molar-refractivity contribution in [1.29, 1.82) is 0 Å². The Hall–Kier alpha value is -2.47. The topological polar surface area (TPSA) is 73.9 Å². The van der Waals surface area contributed by atoms with Gasteiger partial charge in [0.15, 0.2) is 5.75 Å². The van der Waals surface area contributed by atoms with E-state index in [2.05, 4.69) is 17.5 Å². The molecule has 0 unspecified atom stereocenters. The third kappa shape index (κ3) is 2.91. The minimum Gasteiger partial charge on any atom is -0.496 e. The maximum absolute atomic E-state index is 13.5. The average molecular weight is 444 g/mol. The fourth-order valence-electron chi connectivity index (χ4n) is 5.64. The molecule has 1 saturated carbocycles. The molecule has 0 aromatic heterocycles. The predicted octanol–water partition coefficient (Wildman–Crippen LogP) is 3.97. The van der Waals surface area contributed by atoms with Crippen molar-refractivity contribution in [3.8, 4) is 17.2 Å². The molecule has 4 aliphatic rings. The van der Waals surface area contributed by atoms with Gasteiger partial charge in [0.2, 0.25) is 17.2 Å². The summed E-state index contributed by atoms with van der Waals surface area (Å²) in [5.74, 6) is 1.59. The maximum atomic E-state index is 13.5. The van der Waals surface area contributed by atoms with Crippen LogP contribution in [-0.2, 0) is 4.79 Å². The molecule has 1 fully saturated rings. The highest BCUT2D eigenvalue weighted by atomic mass is 35.5. The van der Waals surface area contributed by atoms with Crippen LogP contribution < -0.4 is 19.5 Å². The summed E-state index contributed by atoms with van der Waals surface area (Å²) < 4.78 is 16.7. The van der Waals surface area contributed by atoms with Crippen LogP contribution in [-0.4, -0.2) is 37.9 Å². The number of fused-ring (bicyclic) bond motifs is 3. The summed E-state index contributed by atoms with van der Waals surface area (Å²) in [5.41, 5.74) is -0.559. The second kappa shape index (κ2) is 7.30. The van der Waals surface area contributed by atoms with Gasteiger partial charge < -0.3 is 19.5 Å². The molecule has 2 bridgehead atoms. The van der Waals surface area contributed by atoms with Gasteiger partial charge >= 0.3 is 0 Å². The van der Waals surface area contributed by atoms with Gasteiger partial charge in [-0.15, -0.1) is 0 Å². The van der Waals surface area contributed by atoms with Crippen LogP contribution in [0.4, 0.5) is 0 Å². The lowest BCUT2D eigenvalue weighted by Crippen LogP contribution is -2.55. The molecule has 1 aromatic carbocycles. The van der Waals surface area contributed by atoms with E-state index < -0.39 is 11.4 Å². The molecule has 6 nitrogen and oxygen atoms in total. The van der Waals surface area contributed by atoms with Crippen molar-refractivity contribution in [3.05, 3.63) is 40.6 Å². The first-order valence-corrected chi connectivity index (χ1v) is 11.1. The molecular weight excluding hydrogens is 418 g/mol. The van der Waals surface area contributed by atoms with Crippen LogP contribution in [0.3, 0.4) is 0 Å². The van der Waals surface area contributed by atoms with E-state index in [9.17, 15) is 9.59 Å². The molecule has 7 heteroatoms. The van der Waals surface area contributed by atoms with E-state index in [0.29, 0.717) is 29.9 Å². The van der Waals surface area contributed by atoms with Crippen molar-refractivity contribution < 1.29 is 23.8 Å². The lowest BCUT2D eigenvalue weighted by Gasteiger charge is -2.35. The Morgan fingerprint density at radius 2 is 1.97 bits per heavy atom. The minimum absolute atomic E-state index is 0.154. The first-order chi connectivity index (χ1) is 14.9. The van der Waals surface area contributed by atoms with Crippen molar-refractivity contribution in [3.63, 3.8) is 0 Å². The molecule has 0 saturated heterocycles. The molecule has 0 radical (unpaired) electrons. The molecule has 1 spiro atoms. The number of nitrogens with one attached hydrogen (secondary N) is 1. The molecule has 1 aliphatic heterocycles. The number of halogens is 1. The van der Waals surface area contributed by atoms with Crippen LogP contribution in [0.25, 0.3) is 0 Å². The quantitative estimate of drug-likeness (QED) is 0.548. The van der Waals surface area contributed by atoms with Gasteiger partial charge in [-0.25, -0.2) is 0 Å². The van der Waals surface area contributed by atoms with E-state index in [1.807, 2.05) is 6.92 Å². The predicted molar refractivity (Wildman–Crippen MR) is 116 cm³/mol. The number of ether oxygens (including phenoxy) is 3. The zero-order valence-electron chi connectivity index (χ0n) is 17.9.